The second kappa shape index (κ2) is 5.62. The molecule has 1 rings (SSSR count). The van der Waals surface area contributed by atoms with E-state index < -0.39 is 15.9 Å². The number of rotatable bonds is 5. The standard InChI is InChI=1S/C10H15BrO3S2/c1-7-6-9(15-10(7)11)8(12)4-3-5-16(2,13)14/h6,8,12H,3-5H2,1-2H3. The summed E-state index contributed by atoms with van der Waals surface area (Å²) in [6.45, 7) is 1.97. The number of aryl methyl sites for hydroxylation is 1. The van der Waals surface area contributed by atoms with E-state index in [1.54, 1.807) is 0 Å². The van der Waals surface area contributed by atoms with E-state index in [9.17, 15) is 13.5 Å². The van der Waals surface area contributed by atoms with E-state index in [2.05, 4.69) is 15.9 Å². The molecule has 0 aliphatic rings. The Morgan fingerprint density at radius 1 is 1.56 bits per heavy atom. The summed E-state index contributed by atoms with van der Waals surface area (Å²) < 4.78 is 22.9. The highest BCUT2D eigenvalue weighted by atomic mass is 79.9. The summed E-state index contributed by atoms with van der Waals surface area (Å²) in [5, 5.41) is 9.85. The molecule has 0 aromatic carbocycles. The van der Waals surface area contributed by atoms with Crippen molar-refractivity contribution in [1.29, 1.82) is 0 Å². The number of hydrogen-bond donors (Lipinski definition) is 1. The van der Waals surface area contributed by atoms with Gasteiger partial charge in [0.2, 0.25) is 0 Å². The molecule has 1 atom stereocenters. The molecule has 1 N–H and O–H groups in total. The van der Waals surface area contributed by atoms with Crippen LogP contribution in [0.4, 0.5) is 0 Å². The summed E-state index contributed by atoms with van der Waals surface area (Å²) in [5.41, 5.74) is 1.10. The average Bonchev–Trinajstić information content (AvgIpc) is 2.45. The van der Waals surface area contributed by atoms with Gasteiger partial charge in [-0.3, -0.25) is 0 Å². The lowest BCUT2D eigenvalue weighted by molar-refractivity contribution is 0.170. The van der Waals surface area contributed by atoms with Gasteiger partial charge >= 0.3 is 0 Å². The van der Waals surface area contributed by atoms with Crippen molar-refractivity contribution in [2.75, 3.05) is 12.0 Å². The van der Waals surface area contributed by atoms with Crippen LogP contribution in [0.3, 0.4) is 0 Å². The smallest absolute Gasteiger partial charge is 0.147 e. The van der Waals surface area contributed by atoms with Gasteiger partial charge in [0.25, 0.3) is 0 Å². The van der Waals surface area contributed by atoms with Crippen LogP contribution in [0.2, 0.25) is 0 Å². The molecule has 16 heavy (non-hydrogen) atoms. The van der Waals surface area contributed by atoms with Crippen molar-refractivity contribution in [2.45, 2.75) is 25.9 Å². The third kappa shape index (κ3) is 4.53. The van der Waals surface area contributed by atoms with Crippen molar-refractivity contribution < 1.29 is 13.5 Å². The van der Waals surface area contributed by atoms with Crippen LogP contribution < -0.4 is 0 Å². The number of halogens is 1. The molecule has 0 aliphatic heterocycles. The predicted molar refractivity (Wildman–Crippen MR) is 70.7 cm³/mol. The van der Waals surface area contributed by atoms with Gasteiger partial charge in [0.05, 0.1) is 9.89 Å². The molecule has 0 aliphatic carbocycles. The summed E-state index contributed by atoms with van der Waals surface area (Å²) in [4.78, 5) is 0.887. The third-order valence-electron chi connectivity index (χ3n) is 2.20. The Balaban J connectivity index is 2.50. The number of sulfone groups is 1. The molecule has 0 bridgehead atoms. The molecule has 0 saturated carbocycles. The van der Waals surface area contributed by atoms with E-state index in [0.717, 1.165) is 14.2 Å². The van der Waals surface area contributed by atoms with Crippen LogP contribution in [-0.2, 0) is 9.84 Å². The number of hydrogen-bond acceptors (Lipinski definition) is 4. The average molecular weight is 327 g/mol. The number of aliphatic hydroxyl groups is 1. The van der Waals surface area contributed by atoms with E-state index >= 15 is 0 Å². The molecule has 92 valence electrons. The topological polar surface area (TPSA) is 54.4 Å². The normalized spacial score (nSPS) is 14.0. The molecule has 3 nitrogen and oxygen atoms in total. The fraction of sp³-hybridized carbons (Fsp3) is 0.600. The van der Waals surface area contributed by atoms with Crippen LogP contribution in [0.15, 0.2) is 9.85 Å². The van der Waals surface area contributed by atoms with Crippen molar-refractivity contribution in [3.8, 4) is 0 Å². The lowest BCUT2D eigenvalue weighted by Gasteiger charge is -2.07. The summed E-state index contributed by atoms with van der Waals surface area (Å²) >= 11 is 4.89. The van der Waals surface area contributed by atoms with E-state index in [1.165, 1.54) is 17.6 Å². The van der Waals surface area contributed by atoms with E-state index in [0.29, 0.717) is 12.8 Å². The van der Waals surface area contributed by atoms with E-state index in [1.807, 2.05) is 13.0 Å². The fourth-order valence-electron chi connectivity index (χ4n) is 1.33. The highest BCUT2D eigenvalue weighted by molar-refractivity contribution is 9.11. The lowest BCUT2D eigenvalue weighted by Crippen LogP contribution is -2.05. The first-order valence-electron chi connectivity index (χ1n) is 4.91. The molecule has 1 aromatic heterocycles. The van der Waals surface area contributed by atoms with E-state index in [4.69, 9.17) is 0 Å². The zero-order valence-electron chi connectivity index (χ0n) is 9.23. The van der Waals surface area contributed by atoms with Crippen LogP contribution >= 0.6 is 27.3 Å². The van der Waals surface area contributed by atoms with Crippen LogP contribution in [0.1, 0.15) is 29.4 Å². The maximum atomic E-state index is 10.9. The van der Waals surface area contributed by atoms with Crippen molar-refractivity contribution in [1.82, 2.24) is 0 Å². The van der Waals surface area contributed by atoms with Gasteiger partial charge in [-0.25, -0.2) is 8.42 Å². The minimum atomic E-state index is -2.92. The Bertz CT molecular complexity index is 431. The summed E-state index contributed by atoms with van der Waals surface area (Å²) in [5.74, 6) is 0.135. The van der Waals surface area contributed by atoms with Crippen molar-refractivity contribution in [3.05, 3.63) is 20.3 Å². The molecule has 1 unspecified atom stereocenters. The highest BCUT2D eigenvalue weighted by Crippen LogP contribution is 2.33. The minimum Gasteiger partial charge on any atom is -0.388 e. The maximum Gasteiger partial charge on any atom is 0.147 e. The Morgan fingerprint density at radius 2 is 2.19 bits per heavy atom. The predicted octanol–water partition coefficient (Wildman–Crippen LogP) is 2.68. The van der Waals surface area contributed by atoms with Gasteiger partial charge in [0.1, 0.15) is 9.84 Å². The molecule has 0 radical (unpaired) electrons. The Labute approximate surface area is 109 Å². The van der Waals surface area contributed by atoms with Crippen LogP contribution in [0, 0.1) is 6.92 Å². The molecular weight excluding hydrogens is 312 g/mol. The molecule has 0 saturated heterocycles. The van der Waals surface area contributed by atoms with Crippen molar-refractivity contribution in [2.24, 2.45) is 0 Å². The van der Waals surface area contributed by atoms with Gasteiger partial charge in [-0.2, -0.15) is 0 Å². The van der Waals surface area contributed by atoms with Crippen LogP contribution in [0.5, 0.6) is 0 Å². The first-order chi connectivity index (χ1) is 7.29. The molecule has 1 aromatic rings. The van der Waals surface area contributed by atoms with Gasteiger partial charge in [0, 0.05) is 16.9 Å². The SMILES string of the molecule is Cc1cc(C(O)CCCS(C)(=O)=O)sc1Br. The van der Waals surface area contributed by atoms with Crippen LogP contribution in [0.25, 0.3) is 0 Å². The molecule has 6 heteroatoms. The summed E-state index contributed by atoms with van der Waals surface area (Å²) in [6.07, 6.45) is 1.64. The molecule has 0 fully saturated rings. The third-order valence-corrected chi connectivity index (χ3v) is 5.47. The van der Waals surface area contributed by atoms with Crippen molar-refractivity contribution >= 4 is 37.1 Å². The molecule has 0 spiro atoms. The largest absolute Gasteiger partial charge is 0.388 e. The number of thiophene rings is 1. The maximum absolute atomic E-state index is 10.9. The highest BCUT2D eigenvalue weighted by Gasteiger charge is 2.13. The van der Waals surface area contributed by atoms with Gasteiger partial charge < -0.3 is 5.11 Å². The molecular formula is C10H15BrO3S2. The first kappa shape index (κ1) is 14.2. The zero-order chi connectivity index (χ0) is 12.3. The second-order valence-electron chi connectivity index (χ2n) is 3.89. The van der Waals surface area contributed by atoms with Gasteiger partial charge in [-0.05, 0) is 47.3 Å². The van der Waals surface area contributed by atoms with Gasteiger partial charge in [0.15, 0.2) is 0 Å². The molecule has 1 heterocycles. The Hall–Kier alpha value is 0.0900. The first-order valence-corrected chi connectivity index (χ1v) is 8.58. The zero-order valence-corrected chi connectivity index (χ0v) is 12.5. The molecule has 0 amide bonds. The number of aliphatic hydroxyl groups excluding tert-OH is 1. The van der Waals surface area contributed by atoms with E-state index in [-0.39, 0.29) is 5.75 Å². The summed E-state index contributed by atoms with van der Waals surface area (Å²) in [7, 11) is -2.92. The Morgan fingerprint density at radius 3 is 2.62 bits per heavy atom. The quantitative estimate of drug-likeness (QED) is 0.905. The Kier molecular flexibility index (Phi) is 4.97. The van der Waals surface area contributed by atoms with Crippen molar-refractivity contribution in [3.63, 3.8) is 0 Å². The lowest BCUT2D eigenvalue weighted by atomic mass is 10.1. The minimum absolute atomic E-state index is 0.135. The van der Waals surface area contributed by atoms with Crippen LogP contribution in [-0.4, -0.2) is 25.5 Å². The van der Waals surface area contributed by atoms with Gasteiger partial charge in [-0.15, -0.1) is 11.3 Å². The second-order valence-corrected chi connectivity index (χ2v) is 8.55. The van der Waals surface area contributed by atoms with Gasteiger partial charge in [-0.1, -0.05) is 0 Å². The monoisotopic (exact) mass is 326 g/mol. The summed E-state index contributed by atoms with van der Waals surface area (Å²) in [6, 6.07) is 1.93. The fourth-order valence-corrected chi connectivity index (χ4v) is 3.61.